The summed E-state index contributed by atoms with van der Waals surface area (Å²) in [5.74, 6) is -2.59. The maximum absolute atomic E-state index is 13.8. The maximum Gasteiger partial charge on any atom is 0.312 e. The Bertz CT molecular complexity index is 892. The SMILES string of the molecule is CCOC(=O)[C@@H]1[C@@H]2CC[C@]3(O2)[C@H](C(=O)NCc2ccccc2)N([C@@H](CO)[C@@H](C)CC)C(=O)[C@@H]13. The van der Waals surface area contributed by atoms with E-state index in [-0.39, 0.29) is 30.9 Å². The molecule has 1 aromatic rings. The minimum absolute atomic E-state index is 0.0307. The number of benzene rings is 1. The number of nitrogens with zero attached hydrogens (tertiary/aromatic N) is 1. The first-order valence-corrected chi connectivity index (χ1v) is 12.0. The van der Waals surface area contributed by atoms with E-state index in [1.807, 2.05) is 44.2 Å². The summed E-state index contributed by atoms with van der Waals surface area (Å²) in [6.45, 7) is 5.94. The van der Waals surface area contributed by atoms with Crippen LogP contribution >= 0.6 is 0 Å². The third-order valence-electron chi connectivity index (χ3n) is 7.70. The van der Waals surface area contributed by atoms with Gasteiger partial charge in [-0.15, -0.1) is 0 Å². The van der Waals surface area contributed by atoms with Gasteiger partial charge >= 0.3 is 5.97 Å². The minimum atomic E-state index is -1.08. The van der Waals surface area contributed by atoms with E-state index in [0.29, 0.717) is 19.4 Å². The normalized spacial score (nSPS) is 31.9. The molecule has 3 aliphatic heterocycles. The first-order chi connectivity index (χ1) is 15.9. The number of rotatable bonds is 9. The Morgan fingerprint density at radius 2 is 2.03 bits per heavy atom. The fraction of sp³-hybridized carbons (Fsp3) is 0.640. The number of hydrogen-bond acceptors (Lipinski definition) is 6. The minimum Gasteiger partial charge on any atom is -0.466 e. The van der Waals surface area contributed by atoms with Crippen LogP contribution in [0, 0.1) is 17.8 Å². The lowest BCUT2D eigenvalue weighted by Crippen LogP contribution is -2.59. The van der Waals surface area contributed by atoms with Crippen LogP contribution in [0.2, 0.25) is 0 Å². The van der Waals surface area contributed by atoms with Gasteiger partial charge in [-0.05, 0) is 31.2 Å². The van der Waals surface area contributed by atoms with Gasteiger partial charge in [0.15, 0.2) is 0 Å². The van der Waals surface area contributed by atoms with Gasteiger partial charge in [-0.25, -0.2) is 0 Å². The van der Waals surface area contributed by atoms with Crippen LogP contribution in [0.1, 0.15) is 45.6 Å². The first-order valence-electron chi connectivity index (χ1n) is 12.0. The maximum atomic E-state index is 13.8. The fourth-order valence-corrected chi connectivity index (χ4v) is 5.95. The van der Waals surface area contributed by atoms with Crippen molar-refractivity contribution in [3.05, 3.63) is 35.9 Å². The van der Waals surface area contributed by atoms with Gasteiger partial charge in [0.25, 0.3) is 0 Å². The van der Waals surface area contributed by atoms with E-state index >= 15 is 0 Å². The summed E-state index contributed by atoms with van der Waals surface area (Å²) < 4.78 is 11.6. The molecular weight excluding hydrogens is 424 g/mol. The number of fused-ring (bicyclic) bond motifs is 1. The van der Waals surface area contributed by atoms with Crippen molar-refractivity contribution in [2.24, 2.45) is 17.8 Å². The summed E-state index contributed by atoms with van der Waals surface area (Å²) in [5.41, 5.74) is -0.140. The molecule has 0 radical (unpaired) electrons. The van der Waals surface area contributed by atoms with Crippen molar-refractivity contribution in [2.45, 2.75) is 70.4 Å². The predicted molar refractivity (Wildman–Crippen MR) is 120 cm³/mol. The smallest absolute Gasteiger partial charge is 0.312 e. The molecule has 2 amide bonds. The Morgan fingerprint density at radius 1 is 1.30 bits per heavy atom. The zero-order valence-electron chi connectivity index (χ0n) is 19.5. The Balaban J connectivity index is 1.70. The average molecular weight is 459 g/mol. The van der Waals surface area contributed by atoms with Gasteiger partial charge in [0, 0.05) is 6.54 Å². The van der Waals surface area contributed by atoms with E-state index in [9.17, 15) is 19.5 Å². The van der Waals surface area contributed by atoms with E-state index in [2.05, 4.69) is 5.32 Å². The molecule has 1 aromatic carbocycles. The van der Waals surface area contributed by atoms with E-state index in [1.54, 1.807) is 6.92 Å². The Morgan fingerprint density at radius 3 is 2.67 bits per heavy atom. The molecular formula is C25H34N2O6. The van der Waals surface area contributed by atoms with Crippen molar-refractivity contribution in [1.29, 1.82) is 0 Å². The van der Waals surface area contributed by atoms with E-state index in [0.717, 1.165) is 12.0 Å². The number of amides is 2. The molecule has 33 heavy (non-hydrogen) atoms. The molecule has 3 saturated heterocycles. The lowest BCUT2D eigenvalue weighted by molar-refractivity contribution is -0.156. The molecule has 3 heterocycles. The van der Waals surface area contributed by atoms with Crippen LogP contribution in [0.15, 0.2) is 30.3 Å². The van der Waals surface area contributed by atoms with Gasteiger partial charge in [0.2, 0.25) is 11.8 Å². The van der Waals surface area contributed by atoms with Gasteiger partial charge in [0.05, 0.1) is 37.2 Å². The molecule has 3 fully saturated rings. The summed E-state index contributed by atoms with van der Waals surface area (Å²) in [6.07, 6.45) is 1.41. The molecule has 8 nitrogen and oxygen atoms in total. The zero-order chi connectivity index (χ0) is 23.8. The number of hydrogen-bond donors (Lipinski definition) is 2. The largest absolute Gasteiger partial charge is 0.466 e. The quantitative estimate of drug-likeness (QED) is 0.545. The highest BCUT2D eigenvalue weighted by atomic mass is 16.6. The van der Waals surface area contributed by atoms with Gasteiger partial charge < -0.3 is 24.8 Å². The molecule has 3 aliphatic rings. The summed E-state index contributed by atoms with van der Waals surface area (Å²) in [6, 6.07) is 8.10. The molecule has 2 N–H and O–H groups in total. The zero-order valence-corrected chi connectivity index (χ0v) is 19.5. The lowest BCUT2D eigenvalue weighted by Gasteiger charge is -2.38. The highest BCUT2D eigenvalue weighted by Crippen LogP contribution is 2.59. The second-order valence-corrected chi connectivity index (χ2v) is 9.39. The number of esters is 1. The van der Waals surface area contributed by atoms with Crippen molar-refractivity contribution in [2.75, 3.05) is 13.2 Å². The van der Waals surface area contributed by atoms with Crippen LogP contribution in [0.3, 0.4) is 0 Å². The highest BCUT2D eigenvalue weighted by molar-refractivity contribution is 5.98. The second-order valence-electron chi connectivity index (χ2n) is 9.39. The van der Waals surface area contributed by atoms with Gasteiger partial charge in [-0.2, -0.15) is 0 Å². The number of carbonyl (C=O) groups is 3. The van der Waals surface area contributed by atoms with Crippen LogP contribution in [-0.2, 0) is 30.4 Å². The van der Waals surface area contributed by atoms with Crippen molar-refractivity contribution in [1.82, 2.24) is 10.2 Å². The van der Waals surface area contributed by atoms with Crippen LogP contribution < -0.4 is 5.32 Å². The molecule has 7 atom stereocenters. The van der Waals surface area contributed by atoms with Crippen molar-refractivity contribution in [3.8, 4) is 0 Å². The summed E-state index contributed by atoms with van der Waals surface area (Å²) in [7, 11) is 0. The predicted octanol–water partition coefficient (Wildman–Crippen LogP) is 1.65. The third-order valence-corrected chi connectivity index (χ3v) is 7.70. The van der Waals surface area contributed by atoms with Gasteiger partial charge in [-0.3, -0.25) is 14.4 Å². The summed E-state index contributed by atoms with van der Waals surface area (Å²) in [4.78, 5) is 41.8. The summed E-state index contributed by atoms with van der Waals surface area (Å²) >= 11 is 0. The number of nitrogens with one attached hydrogen (secondary N) is 1. The molecule has 4 rings (SSSR count). The Labute approximate surface area is 194 Å². The Hall–Kier alpha value is -2.45. The molecule has 0 saturated carbocycles. The van der Waals surface area contributed by atoms with Crippen molar-refractivity contribution in [3.63, 3.8) is 0 Å². The van der Waals surface area contributed by atoms with Crippen molar-refractivity contribution >= 4 is 17.8 Å². The summed E-state index contributed by atoms with van der Waals surface area (Å²) in [5, 5.41) is 13.2. The first kappa shape index (κ1) is 23.7. The van der Waals surface area contributed by atoms with E-state index in [1.165, 1.54) is 4.90 Å². The average Bonchev–Trinajstić information content (AvgIpc) is 3.46. The molecule has 180 valence electrons. The van der Waals surface area contributed by atoms with Crippen LogP contribution in [0.5, 0.6) is 0 Å². The third kappa shape index (κ3) is 3.83. The van der Waals surface area contributed by atoms with Crippen LogP contribution in [0.4, 0.5) is 0 Å². The molecule has 2 bridgehead atoms. The van der Waals surface area contributed by atoms with Gasteiger partial charge in [0.1, 0.15) is 11.6 Å². The lowest BCUT2D eigenvalue weighted by atomic mass is 9.70. The van der Waals surface area contributed by atoms with Crippen LogP contribution in [-0.4, -0.2) is 64.8 Å². The Kier molecular flexibility index (Phi) is 6.77. The standard InChI is InChI=1S/C25H34N2O6/c1-4-15(3)17(14-28)27-21(22(29)26-13-16-9-7-6-8-10-16)25-12-11-18(33-25)19(20(25)23(27)30)24(31)32-5-2/h6-10,15,17-21,28H,4-5,11-14H2,1-3H3,(H,26,29)/t15-,17-,18-,19+,20+,21-,25+/m0/s1. The van der Waals surface area contributed by atoms with E-state index in [4.69, 9.17) is 9.47 Å². The van der Waals surface area contributed by atoms with E-state index < -0.39 is 41.6 Å². The second kappa shape index (κ2) is 9.43. The monoisotopic (exact) mass is 458 g/mol. The number of aliphatic hydroxyl groups is 1. The highest BCUT2D eigenvalue weighted by Gasteiger charge is 2.75. The fourth-order valence-electron chi connectivity index (χ4n) is 5.95. The van der Waals surface area contributed by atoms with Gasteiger partial charge in [-0.1, -0.05) is 50.6 Å². The number of aliphatic hydroxyl groups excluding tert-OH is 1. The number of carbonyl (C=O) groups excluding carboxylic acids is 3. The molecule has 0 aliphatic carbocycles. The topological polar surface area (TPSA) is 105 Å². The molecule has 1 spiro atoms. The number of likely N-dealkylation sites (tertiary alicyclic amines) is 1. The molecule has 8 heteroatoms. The molecule has 0 aromatic heterocycles. The van der Waals surface area contributed by atoms with Crippen LogP contribution in [0.25, 0.3) is 0 Å². The number of ether oxygens (including phenoxy) is 2. The van der Waals surface area contributed by atoms with Crippen molar-refractivity contribution < 1.29 is 29.0 Å². The molecule has 0 unspecified atom stereocenters.